The van der Waals surface area contributed by atoms with Gasteiger partial charge >= 0.3 is 5.97 Å². The average molecular weight is 471 g/mol. The van der Waals surface area contributed by atoms with Gasteiger partial charge in [-0.3, -0.25) is 9.59 Å². The monoisotopic (exact) mass is 470 g/mol. The number of phenolic OH excluding ortho intramolecular Hbond substituents is 2. The van der Waals surface area contributed by atoms with Crippen LogP contribution in [0, 0.1) is 0 Å². The number of carbonyl (C=O) groups is 3. The first-order chi connectivity index (χ1) is 16.2. The molecule has 4 bridgehead atoms. The third-order valence-electron chi connectivity index (χ3n) is 5.83. The number of hydrogen-bond donors (Lipinski definition) is 6. The molecule has 0 unspecified atom stereocenters. The standard InChI is InChI=1S/C24H30N4O6/c1-34-24(33)19-12-16-10-14(5-7-21(16)30)13-4-6-20(29)15(9-13)11-17(26)22(31)27-18(3-2-8-25)23(32)28-19/h4-7,9-10,17-19,29-30H,2-3,8,11-12,25-26H2,1H3,(H,27,31)(H,28,32)/t17-,18-,19-/m0/s1. The molecule has 182 valence electrons. The van der Waals surface area contributed by atoms with Crippen molar-refractivity contribution in [2.75, 3.05) is 13.7 Å². The predicted molar refractivity (Wildman–Crippen MR) is 125 cm³/mol. The molecule has 1 aliphatic rings. The number of benzene rings is 2. The van der Waals surface area contributed by atoms with Gasteiger partial charge in [-0.2, -0.15) is 0 Å². The molecular formula is C24H30N4O6. The number of aromatic hydroxyl groups is 2. The molecule has 0 fully saturated rings. The SMILES string of the molecule is COC(=O)[C@@H]1Cc2cc(ccc2O)-c2ccc(O)c(c2)C[C@H](N)C(=O)N[C@@H](CCCN)C(=O)N1. The normalized spacial score (nSPS) is 21.0. The number of hydrogen-bond acceptors (Lipinski definition) is 8. The highest BCUT2D eigenvalue weighted by Crippen LogP contribution is 2.30. The largest absolute Gasteiger partial charge is 0.508 e. The Morgan fingerprint density at radius 3 is 2.15 bits per heavy atom. The van der Waals surface area contributed by atoms with E-state index in [4.69, 9.17) is 16.2 Å². The second-order valence-electron chi connectivity index (χ2n) is 8.28. The van der Waals surface area contributed by atoms with Gasteiger partial charge in [-0.1, -0.05) is 12.1 Å². The highest BCUT2D eigenvalue weighted by Gasteiger charge is 2.29. The molecule has 2 aromatic carbocycles. The van der Waals surface area contributed by atoms with Crippen molar-refractivity contribution in [3.05, 3.63) is 47.5 Å². The van der Waals surface area contributed by atoms with E-state index in [0.717, 1.165) is 5.56 Å². The van der Waals surface area contributed by atoms with E-state index in [1.807, 2.05) is 0 Å². The van der Waals surface area contributed by atoms with E-state index in [-0.39, 0.29) is 30.8 Å². The zero-order chi connectivity index (χ0) is 24.8. The molecule has 0 saturated heterocycles. The van der Waals surface area contributed by atoms with E-state index < -0.39 is 35.9 Å². The van der Waals surface area contributed by atoms with Crippen LogP contribution in [0.3, 0.4) is 0 Å². The second-order valence-corrected chi connectivity index (χ2v) is 8.28. The topological polar surface area (TPSA) is 177 Å². The summed E-state index contributed by atoms with van der Waals surface area (Å²) in [6.07, 6.45) is 0.672. The number of nitrogens with one attached hydrogen (secondary N) is 2. The Morgan fingerprint density at radius 1 is 1.00 bits per heavy atom. The summed E-state index contributed by atoms with van der Waals surface area (Å²) in [6.45, 7) is 0.299. The molecule has 0 spiro atoms. The fraction of sp³-hybridized carbons (Fsp3) is 0.375. The van der Waals surface area contributed by atoms with Crippen molar-refractivity contribution in [1.82, 2.24) is 10.6 Å². The van der Waals surface area contributed by atoms with Crippen LogP contribution in [0.1, 0.15) is 24.0 Å². The lowest BCUT2D eigenvalue weighted by Gasteiger charge is -2.23. The Labute approximate surface area is 197 Å². The third kappa shape index (κ3) is 5.83. The molecule has 0 aliphatic carbocycles. The zero-order valence-corrected chi connectivity index (χ0v) is 18.9. The zero-order valence-electron chi connectivity index (χ0n) is 18.9. The van der Waals surface area contributed by atoms with Gasteiger partial charge < -0.3 is 37.1 Å². The van der Waals surface area contributed by atoms with Crippen LogP contribution >= 0.6 is 0 Å². The maximum Gasteiger partial charge on any atom is 0.328 e. The molecule has 0 saturated carbocycles. The van der Waals surface area contributed by atoms with Crippen LogP contribution < -0.4 is 22.1 Å². The molecule has 34 heavy (non-hydrogen) atoms. The van der Waals surface area contributed by atoms with Gasteiger partial charge in [0.15, 0.2) is 0 Å². The maximum atomic E-state index is 13.0. The summed E-state index contributed by atoms with van der Waals surface area (Å²) in [5.74, 6) is -1.94. The van der Waals surface area contributed by atoms with Crippen molar-refractivity contribution in [2.24, 2.45) is 11.5 Å². The first-order valence-electron chi connectivity index (χ1n) is 11.0. The van der Waals surface area contributed by atoms with Gasteiger partial charge in [0.25, 0.3) is 0 Å². The summed E-state index contributed by atoms with van der Waals surface area (Å²) in [6, 6.07) is 6.66. The summed E-state index contributed by atoms with van der Waals surface area (Å²) in [7, 11) is 1.20. The van der Waals surface area contributed by atoms with E-state index >= 15 is 0 Å². The van der Waals surface area contributed by atoms with Crippen molar-refractivity contribution in [3.8, 4) is 22.6 Å². The number of phenols is 2. The molecule has 0 radical (unpaired) electrons. The molecular weight excluding hydrogens is 440 g/mol. The number of methoxy groups -OCH3 is 1. The van der Waals surface area contributed by atoms with Gasteiger partial charge in [-0.15, -0.1) is 0 Å². The Morgan fingerprint density at radius 2 is 1.59 bits per heavy atom. The van der Waals surface area contributed by atoms with Crippen LogP contribution in [0.5, 0.6) is 11.5 Å². The van der Waals surface area contributed by atoms with Crippen LogP contribution in [0.2, 0.25) is 0 Å². The summed E-state index contributed by atoms with van der Waals surface area (Å²) in [5, 5.41) is 26.0. The van der Waals surface area contributed by atoms with Crippen molar-refractivity contribution in [2.45, 2.75) is 43.8 Å². The average Bonchev–Trinajstić information content (AvgIpc) is 2.82. The molecule has 1 heterocycles. The Hall–Kier alpha value is -3.63. The minimum Gasteiger partial charge on any atom is -0.508 e. The van der Waals surface area contributed by atoms with E-state index in [0.29, 0.717) is 29.7 Å². The number of carbonyl (C=O) groups excluding carboxylic acids is 3. The van der Waals surface area contributed by atoms with Gasteiger partial charge in [0.2, 0.25) is 11.8 Å². The van der Waals surface area contributed by atoms with E-state index in [2.05, 4.69) is 10.6 Å². The van der Waals surface area contributed by atoms with Gasteiger partial charge in [0, 0.05) is 12.8 Å². The van der Waals surface area contributed by atoms with Gasteiger partial charge in [0.1, 0.15) is 23.6 Å². The third-order valence-corrected chi connectivity index (χ3v) is 5.83. The lowest BCUT2D eigenvalue weighted by atomic mass is 9.95. The molecule has 0 aromatic heterocycles. The van der Waals surface area contributed by atoms with E-state index in [9.17, 15) is 24.6 Å². The fourth-order valence-corrected chi connectivity index (χ4v) is 3.88. The number of esters is 1. The van der Waals surface area contributed by atoms with Crippen molar-refractivity contribution < 1.29 is 29.3 Å². The number of fused-ring (bicyclic) bond motifs is 5. The Balaban J connectivity index is 2.09. The Kier molecular flexibility index (Phi) is 8.08. The number of nitrogens with two attached hydrogens (primary N) is 2. The molecule has 2 amide bonds. The van der Waals surface area contributed by atoms with E-state index in [1.165, 1.54) is 19.2 Å². The van der Waals surface area contributed by atoms with Crippen molar-refractivity contribution in [1.29, 1.82) is 0 Å². The maximum absolute atomic E-state index is 13.0. The number of amides is 2. The van der Waals surface area contributed by atoms with Crippen LogP contribution in [-0.4, -0.2) is 59.8 Å². The highest BCUT2D eigenvalue weighted by atomic mass is 16.5. The van der Waals surface area contributed by atoms with E-state index in [1.54, 1.807) is 24.3 Å². The first kappa shape index (κ1) is 25.0. The molecule has 2 aromatic rings. The lowest BCUT2D eigenvalue weighted by molar-refractivity contribution is -0.145. The molecule has 3 atom stereocenters. The van der Waals surface area contributed by atoms with Crippen molar-refractivity contribution >= 4 is 17.8 Å². The van der Waals surface area contributed by atoms with Crippen molar-refractivity contribution in [3.63, 3.8) is 0 Å². The Bertz CT molecular complexity index is 1070. The smallest absolute Gasteiger partial charge is 0.328 e. The molecule has 3 rings (SSSR count). The molecule has 10 heteroatoms. The predicted octanol–water partition coefficient (Wildman–Crippen LogP) is 0.0722. The fourth-order valence-electron chi connectivity index (χ4n) is 3.88. The number of ether oxygens (including phenoxy) is 1. The number of rotatable bonds is 4. The van der Waals surface area contributed by atoms with Crippen LogP contribution in [0.4, 0.5) is 0 Å². The van der Waals surface area contributed by atoms with Gasteiger partial charge in [0.05, 0.1) is 13.2 Å². The minimum atomic E-state index is -1.11. The minimum absolute atomic E-state index is 0.0153. The first-order valence-corrected chi connectivity index (χ1v) is 11.0. The lowest BCUT2D eigenvalue weighted by Crippen LogP contribution is -2.55. The van der Waals surface area contributed by atoms with Crippen LogP contribution in [-0.2, 0) is 32.0 Å². The summed E-state index contributed by atoms with van der Waals surface area (Å²) in [4.78, 5) is 38.3. The summed E-state index contributed by atoms with van der Waals surface area (Å²) >= 11 is 0. The summed E-state index contributed by atoms with van der Waals surface area (Å²) in [5.41, 5.74) is 14.0. The molecule has 8 N–H and O–H groups in total. The van der Waals surface area contributed by atoms with Gasteiger partial charge in [-0.25, -0.2) is 4.79 Å². The van der Waals surface area contributed by atoms with Crippen LogP contribution in [0.15, 0.2) is 36.4 Å². The summed E-state index contributed by atoms with van der Waals surface area (Å²) < 4.78 is 4.85. The quantitative estimate of drug-likeness (QED) is 0.340. The van der Waals surface area contributed by atoms with Gasteiger partial charge in [-0.05, 0) is 65.9 Å². The van der Waals surface area contributed by atoms with Crippen LogP contribution in [0.25, 0.3) is 11.1 Å². The highest BCUT2D eigenvalue weighted by molar-refractivity contribution is 5.92. The second kappa shape index (κ2) is 11.0. The molecule has 1 aliphatic heterocycles. The molecule has 10 nitrogen and oxygen atoms in total.